The van der Waals surface area contributed by atoms with Gasteiger partial charge in [0.1, 0.15) is 5.82 Å². The minimum Gasteiger partial charge on any atom is -0.321 e. The Hall–Kier alpha value is -0.890. The van der Waals surface area contributed by atoms with Gasteiger partial charge in [0.25, 0.3) is 0 Å². The summed E-state index contributed by atoms with van der Waals surface area (Å²) in [5, 5.41) is 0. The first-order valence-electron chi connectivity index (χ1n) is 6.07. The Bertz CT molecular complexity index is 378. The van der Waals surface area contributed by atoms with Crippen molar-refractivity contribution in [2.45, 2.75) is 45.1 Å². The first-order chi connectivity index (χ1) is 7.51. The second-order valence-corrected chi connectivity index (χ2v) is 5.32. The average molecular weight is 221 g/mol. The van der Waals surface area contributed by atoms with Gasteiger partial charge in [-0.3, -0.25) is 0 Å². The topological polar surface area (TPSA) is 26.0 Å². The van der Waals surface area contributed by atoms with Gasteiger partial charge in [-0.05, 0) is 44.6 Å². The van der Waals surface area contributed by atoms with Gasteiger partial charge in [-0.15, -0.1) is 0 Å². The van der Waals surface area contributed by atoms with Crippen molar-refractivity contribution in [2.75, 3.05) is 0 Å². The van der Waals surface area contributed by atoms with Gasteiger partial charge in [-0.2, -0.15) is 0 Å². The molecule has 2 heteroatoms. The Kier molecular flexibility index (Phi) is 3.02. The molecule has 1 aliphatic rings. The van der Waals surface area contributed by atoms with Crippen LogP contribution >= 0.6 is 0 Å². The molecule has 2 rings (SSSR count). The third-order valence-electron chi connectivity index (χ3n) is 3.82. The lowest BCUT2D eigenvalue weighted by molar-refractivity contribution is 0.242. The van der Waals surface area contributed by atoms with Crippen molar-refractivity contribution < 1.29 is 4.39 Å². The molecule has 1 nitrogen and oxygen atoms in total. The number of hydrogen-bond acceptors (Lipinski definition) is 1. The van der Waals surface area contributed by atoms with Gasteiger partial charge in [0.15, 0.2) is 0 Å². The van der Waals surface area contributed by atoms with Gasteiger partial charge in [-0.25, -0.2) is 4.39 Å². The molecule has 0 radical (unpaired) electrons. The zero-order chi connectivity index (χ0) is 11.8. The Morgan fingerprint density at radius 3 is 2.56 bits per heavy atom. The van der Waals surface area contributed by atoms with Gasteiger partial charge >= 0.3 is 0 Å². The van der Waals surface area contributed by atoms with Crippen LogP contribution in [-0.4, -0.2) is 0 Å². The normalized spacial score (nSPS) is 30.4. The highest BCUT2D eigenvalue weighted by Gasteiger charge is 2.33. The summed E-state index contributed by atoms with van der Waals surface area (Å²) in [6.07, 6.45) is 4.00. The van der Waals surface area contributed by atoms with Crippen LogP contribution in [0.25, 0.3) is 0 Å². The van der Waals surface area contributed by atoms with Crippen molar-refractivity contribution in [1.29, 1.82) is 0 Å². The molecule has 0 saturated heterocycles. The molecular formula is C14H20FN. The standard InChI is InChI=1S/C14H20FN/c1-10-5-7-14(16,8-6-10)12-9-11(2)3-4-13(12)15/h3-4,9-10H,5-8,16H2,1-2H3. The number of nitrogens with two attached hydrogens (primary N) is 1. The second-order valence-electron chi connectivity index (χ2n) is 5.32. The van der Waals surface area contributed by atoms with E-state index in [2.05, 4.69) is 6.92 Å². The molecule has 0 heterocycles. The van der Waals surface area contributed by atoms with Crippen molar-refractivity contribution in [3.8, 4) is 0 Å². The van der Waals surface area contributed by atoms with E-state index in [1.807, 2.05) is 13.0 Å². The van der Waals surface area contributed by atoms with E-state index >= 15 is 0 Å². The van der Waals surface area contributed by atoms with Crippen LogP contribution < -0.4 is 5.73 Å². The Balaban J connectivity index is 2.32. The molecule has 2 N–H and O–H groups in total. The van der Waals surface area contributed by atoms with Crippen molar-refractivity contribution in [1.82, 2.24) is 0 Å². The molecule has 1 aliphatic carbocycles. The summed E-state index contributed by atoms with van der Waals surface area (Å²) in [5.74, 6) is 0.576. The van der Waals surface area contributed by atoms with Gasteiger partial charge in [0.2, 0.25) is 0 Å². The molecule has 1 fully saturated rings. The fourth-order valence-electron chi connectivity index (χ4n) is 2.57. The van der Waals surface area contributed by atoms with Crippen LogP contribution in [-0.2, 0) is 5.54 Å². The molecule has 0 spiro atoms. The monoisotopic (exact) mass is 221 g/mol. The molecule has 0 atom stereocenters. The Labute approximate surface area is 96.9 Å². The van der Waals surface area contributed by atoms with E-state index in [-0.39, 0.29) is 5.82 Å². The lowest BCUT2D eigenvalue weighted by atomic mass is 9.73. The highest BCUT2D eigenvalue weighted by atomic mass is 19.1. The molecule has 0 aromatic heterocycles. The first-order valence-corrected chi connectivity index (χ1v) is 6.07. The molecule has 0 unspecified atom stereocenters. The summed E-state index contributed by atoms with van der Waals surface area (Å²) in [4.78, 5) is 0. The molecule has 1 saturated carbocycles. The first kappa shape index (κ1) is 11.6. The molecule has 0 bridgehead atoms. The summed E-state index contributed by atoms with van der Waals surface area (Å²) in [5.41, 5.74) is 7.72. The SMILES string of the molecule is Cc1ccc(F)c(C2(N)CCC(C)CC2)c1. The third kappa shape index (κ3) is 2.12. The maximum Gasteiger partial charge on any atom is 0.128 e. The van der Waals surface area contributed by atoms with Crippen molar-refractivity contribution in [3.05, 3.63) is 35.1 Å². The van der Waals surface area contributed by atoms with Crippen LogP contribution in [0.2, 0.25) is 0 Å². The van der Waals surface area contributed by atoms with E-state index in [9.17, 15) is 4.39 Å². The molecule has 88 valence electrons. The molecule has 1 aromatic carbocycles. The van der Waals surface area contributed by atoms with E-state index in [0.717, 1.165) is 37.2 Å². The van der Waals surface area contributed by atoms with E-state index in [1.165, 1.54) is 6.07 Å². The minimum atomic E-state index is -0.442. The molecular weight excluding hydrogens is 201 g/mol. The van der Waals surface area contributed by atoms with Crippen LogP contribution in [0.4, 0.5) is 4.39 Å². The Morgan fingerprint density at radius 1 is 1.31 bits per heavy atom. The quantitative estimate of drug-likeness (QED) is 0.771. The maximum absolute atomic E-state index is 13.8. The number of halogens is 1. The fourth-order valence-corrected chi connectivity index (χ4v) is 2.57. The van der Waals surface area contributed by atoms with E-state index in [1.54, 1.807) is 6.07 Å². The predicted octanol–water partition coefficient (Wildman–Crippen LogP) is 3.50. The average Bonchev–Trinajstić information content (AvgIpc) is 2.26. The van der Waals surface area contributed by atoms with Crippen LogP contribution in [0.1, 0.15) is 43.7 Å². The summed E-state index contributed by atoms with van der Waals surface area (Å²) in [6, 6.07) is 5.25. The van der Waals surface area contributed by atoms with Crippen LogP contribution in [0.5, 0.6) is 0 Å². The number of benzene rings is 1. The lowest BCUT2D eigenvalue weighted by Crippen LogP contribution is -2.41. The Morgan fingerprint density at radius 2 is 1.94 bits per heavy atom. The fraction of sp³-hybridized carbons (Fsp3) is 0.571. The smallest absolute Gasteiger partial charge is 0.128 e. The summed E-state index contributed by atoms with van der Waals surface area (Å²) < 4.78 is 13.8. The summed E-state index contributed by atoms with van der Waals surface area (Å²) >= 11 is 0. The van der Waals surface area contributed by atoms with E-state index in [4.69, 9.17) is 5.73 Å². The lowest BCUT2D eigenvalue weighted by Gasteiger charge is -2.37. The van der Waals surface area contributed by atoms with Gasteiger partial charge in [0.05, 0.1) is 0 Å². The maximum atomic E-state index is 13.8. The second kappa shape index (κ2) is 4.17. The van der Waals surface area contributed by atoms with E-state index < -0.39 is 5.54 Å². The van der Waals surface area contributed by atoms with Crippen LogP contribution in [0.3, 0.4) is 0 Å². The van der Waals surface area contributed by atoms with Gasteiger partial charge in [0, 0.05) is 11.1 Å². The molecule has 1 aromatic rings. The number of rotatable bonds is 1. The van der Waals surface area contributed by atoms with Crippen LogP contribution in [0.15, 0.2) is 18.2 Å². The molecule has 0 amide bonds. The van der Waals surface area contributed by atoms with Crippen LogP contribution in [0, 0.1) is 18.7 Å². The van der Waals surface area contributed by atoms with Crippen molar-refractivity contribution in [3.63, 3.8) is 0 Å². The number of hydrogen-bond donors (Lipinski definition) is 1. The largest absolute Gasteiger partial charge is 0.321 e. The zero-order valence-electron chi connectivity index (χ0n) is 10.1. The number of aryl methyl sites for hydroxylation is 1. The summed E-state index contributed by atoms with van der Waals surface area (Å²) in [7, 11) is 0. The third-order valence-corrected chi connectivity index (χ3v) is 3.82. The molecule has 16 heavy (non-hydrogen) atoms. The zero-order valence-corrected chi connectivity index (χ0v) is 10.1. The van der Waals surface area contributed by atoms with Gasteiger partial charge in [-0.1, -0.05) is 24.6 Å². The van der Waals surface area contributed by atoms with E-state index in [0.29, 0.717) is 5.56 Å². The predicted molar refractivity (Wildman–Crippen MR) is 64.6 cm³/mol. The van der Waals surface area contributed by atoms with Gasteiger partial charge < -0.3 is 5.73 Å². The summed E-state index contributed by atoms with van der Waals surface area (Å²) in [6.45, 7) is 4.23. The minimum absolute atomic E-state index is 0.150. The van der Waals surface area contributed by atoms with Crippen molar-refractivity contribution >= 4 is 0 Å². The highest BCUT2D eigenvalue weighted by molar-refractivity contribution is 5.30. The highest BCUT2D eigenvalue weighted by Crippen LogP contribution is 2.38. The molecule has 0 aliphatic heterocycles. The van der Waals surface area contributed by atoms with Crippen molar-refractivity contribution in [2.24, 2.45) is 11.7 Å².